The maximum absolute atomic E-state index is 4.56. The fourth-order valence-corrected chi connectivity index (χ4v) is 2.82. The molecule has 21 heavy (non-hydrogen) atoms. The summed E-state index contributed by atoms with van der Waals surface area (Å²) in [4.78, 5) is 10.2. The Morgan fingerprint density at radius 3 is 2.71 bits per heavy atom. The monoisotopic (exact) mass is 299 g/mol. The van der Waals surface area contributed by atoms with Gasteiger partial charge < -0.3 is 15.2 Å². The second kappa shape index (κ2) is 5.65. The van der Waals surface area contributed by atoms with Gasteiger partial charge in [-0.05, 0) is 24.5 Å². The quantitative estimate of drug-likeness (QED) is 0.722. The van der Waals surface area contributed by atoms with Crippen molar-refractivity contribution in [2.45, 2.75) is 4.90 Å². The third-order valence-corrected chi connectivity index (χ3v) is 4.10. The summed E-state index contributed by atoms with van der Waals surface area (Å²) in [7, 11) is 3.82. The first-order valence-electron chi connectivity index (χ1n) is 6.64. The van der Waals surface area contributed by atoms with E-state index in [9.17, 15) is 0 Å². The number of hydrogen-bond acceptors (Lipinski definition) is 5. The molecule has 0 amide bonds. The highest BCUT2D eigenvalue weighted by Crippen LogP contribution is 2.30. The van der Waals surface area contributed by atoms with Crippen molar-refractivity contribution in [3.05, 3.63) is 36.5 Å². The van der Waals surface area contributed by atoms with Crippen LogP contribution in [-0.2, 0) is 7.05 Å². The van der Waals surface area contributed by atoms with Crippen LogP contribution >= 0.6 is 11.8 Å². The van der Waals surface area contributed by atoms with Crippen molar-refractivity contribution in [1.29, 1.82) is 0 Å². The van der Waals surface area contributed by atoms with Gasteiger partial charge in [-0.3, -0.25) is 0 Å². The van der Waals surface area contributed by atoms with E-state index < -0.39 is 0 Å². The number of aryl methyl sites for hydroxylation is 1. The fraction of sp³-hybridized carbons (Fsp3) is 0.200. The molecule has 3 aromatic rings. The average Bonchev–Trinajstić information content (AvgIpc) is 2.89. The SMILES string of the molecule is CNc1nc(Nc2ccccc2SC)c2c(ccn2C)n1. The lowest BCUT2D eigenvalue weighted by Gasteiger charge is -2.12. The molecule has 0 bridgehead atoms. The third kappa shape index (κ3) is 2.54. The highest BCUT2D eigenvalue weighted by Gasteiger charge is 2.11. The van der Waals surface area contributed by atoms with E-state index in [4.69, 9.17) is 0 Å². The van der Waals surface area contributed by atoms with Crippen molar-refractivity contribution in [3.8, 4) is 0 Å². The van der Waals surface area contributed by atoms with Gasteiger partial charge in [0.25, 0.3) is 0 Å². The Labute approximate surface area is 127 Å². The predicted octanol–water partition coefficient (Wildman–Crippen LogP) is 3.48. The van der Waals surface area contributed by atoms with Crippen LogP contribution in [0.5, 0.6) is 0 Å². The van der Waals surface area contributed by atoms with Crippen LogP contribution in [0.4, 0.5) is 17.5 Å². The van der Waals surface area contributed by atoms with E-state index in [1.54, 1.807) is 11.8 Å². The van der Waals surface area contributed by atoms with Gasteiger partial charge in [-0.25, -0.2) is 4.98 Å². The van der Waals surface area contributed by atoms with E-state index in [0.717, 1.165) is 22.5 Å². The fourth-order valence-electron chi connectivity index (χ4n) is 2.27. The lowest BCUT2D eigenvalue weighted by atomic mass is 10.3. The van der Waals surface area contributed by atoms with Gasteiger partial charge in [0.15, 0.2) is 5.82 Å². The van der Waals surface area contributed by atoms with Crippen molar-refractivity contribution in [3.63, 3.8) is 0 Å². The number of benzene rings is 1. The highest BCUT2D eigenvalue weighted by molar-refractivity contribution is 7.98. The molecule has 0 radical (unpaired) electrons. The summed E-state index contributed by atoms with van der Waals surface area (Å²) in [6.45, 7) is 0. The Balaban J connectivity index is 2.13. The molecule has 0 aliphatic carbocycles. The first-order chi connectivity index (χ1) is 10.2. The van der Waals surface area contributed by atoms with E-state index in [1.165, 1.54) is 4.90 Å². The minimum Gasteiger partial charge on any atom is -0.357 e. The molecule has 0 spiro atoms. The Hall–Kier alpha value is -2.21. The van der Waals surface area contributed by atoms with Crippen molar-refractivity contribution >= 4 is 40.2 Å². The number of rotatable bonds is 4. The molecule has 2 N–H and O–H groups in total. The van der Waals surface area contributed by atoms with E-state index in [-0.39, 0.29) is 0 Å². The summed E-state index contributed by atoms with van der Waals surface area (Å²) in [6.07, 6.45) is 4.06. The Morgan fingerprint density at radius 1 is 1.14 bits per heavy atom. The van der Waals surface area contributed by atoms with Crippen LogP contribution in [0.3, 0.4) is 0 Å². The van der Waals surface area contributed by atoms with Crippen molar-refractivity contribution in [2.75, 3.05) is 23.9 Å². The first kappa shape index (κ1) is 13.8. The van der Waals surface area contributed by atoms with E-state index >= 15 is 0 Å². The van der Waals surface area contributed by atoms with Crippen LogP contribution in [0.15, 0.2) is 41.4 Å². The van der Waals surface area contributed by atoms with Crippen molar-refractivity contribution in [1.82, 2.24) is 14.5 Å². The molecule has 3 rings (SSSR count). The maximum Gasteiger partial charge on any atom is 0.225 e. The number of hydrogen-bond donors (Lipinski definition) is 2. The predicted molar refractivity (Wildman–Crippen MR) is 89.6 cm³/mol. The molecule has 6 heteroatoms. The molecule has 0 saturated heterocycles. The topological polar surface area (TPSA) is 54.8 Å². The summed E-state index contributed by atoms with van der Waals surface area (Å²) in [5.74, 6) is 1.41. The van der Waals surface area contributed by atoms with Crippen LogP contribution in [0.2, 0.25) is 0 Å². The van der Waals surface area contributed by atoms with Crippen LogP contribution in [0.1, 0.15) is 0 Å². The number of nitrogens with one attached hydrogen (secondary N) is 2. The molecule has 0 aliphatic heterocycles. The number of anilines is 3. The molecular formula is C15H17N5S. The summed E-state index contributed by atoms with van der Waals surface area (Å²) >= 11 is 1.71. The van der Waals surface area contributed by atoms with E-state index in [1.807, 2.05) is 43.1 Å². The standard InChI is InChI=1S/C15H17N5S/c1-16-15-18-11-8-9-20(2)13(11)14(19-15)17-10-6-4-5-7-12(10)21-3/h4-9H,1-3H3,(H2,16,17,18,19). The summed E-state index contributed by atoms with van der Waals surface area (Å²) in [5, 5.41) is 6.44. The van der Waals surface area contributed by atoms with Crippen molar-refractivity contribution < 1.29 is 0 Å². The summed E-state index contributed by atoms with van der Waals surface area (Å²) in [5.41, 5.74) is 2.96. The second-order valence-electron chi connectivity index (χ2n) is 4.63. The largest absolute Gasteiger partial charge is 0.357 e. The van der Waals surface area contributed by atoms with Crippen LogP contribution in [0, 0.1) is 0 Å². The van der Waals surface area contributed by atoms with Gasteiger partial charge in [0.05, 0.1) is 11.2 Å². The molecule has 2 aromatic heterocycles. The molecule has 1 aromatic carbocycles. The van der Waals surface area contributed by atoms with Gasteiger partial charge in [-0.15, -0.1) is 11.8 Å². The van der Waals surface area contributed by atoms with Crippen LogP contribution in [0.25, 0.3) is 11.0 Å². The lowest BCUT2D eigenvalue weighted by Crippen LogP contribution is -2.03. The smallest absolute Gasteiger partial charge is 0.225 e. The minimum atomic E-state index is 0.609. The molecule has 0 saturated carbocycles. The van der Waals surface area contributed by atoms with E-state index in [2.05, 4.69) is 39.0 Å². The Morgan fingerprint density at radius 2 is 1.95 bits per heavy atom. The number of fused-ring (bicyclic) bond motifs is 1. The second-order valence-corrected chi connectivity index (χ2v) is 5.48. The van der Waals surface area contributed by atoms with Crippen LogP contribution in [-0.4, -0.2) is 27.8 Å². The van der Waals surface area contributed by atoms with Gasteiger partial charge in [-0.1, -0.05) is 12.1 Å². The average molecular weight is 299 g/mol. The zero-order valence-corrected chi connectivity index (χ0v) is 13.0. The number of aromatic nitrogens is 3. The van der Waals surface area contributed by atoms with Crippen molar-refractivity contribution in [2.24, 2.45) is 7.05 Å². The number of thioether (sulfide) groups is 1. The van der Waals surface area contributed by atoms with Gasteiger partial charge in [0.2, 0.25) is 5.95 Å². The molecular weight excluding hydrogens is 282 g/mol. The first-order valence-corrected chi connectivity index (χ1v) is 7.86. The maximum atomic E-state index is 4.56. The third-order valence-electron chi connectivity index (χ3n) is 3.30. The molecule has 0 aliphatic rings. The Kier molecular flexibility index (Phi) is 3.70. The van der Waals surface area contributed by atoms with Gasteiger partial charge in [0, 0.05) is 25.2 Å². The molecule has 0 fully saturated rings. The van der Waals surface area contributed by atoms with Crippen LogP contribution < -0.4 is 10.6 Å². The van der Waals surface area contributed by atoms with Gasteiger partial charge in [0.1, 0.15) is 5.52 Å². The summed E-state index contributed by atoms with van der Waals surface area (Å²) in [6, 6.07) is 10.2. The molecule has 0 atom stereocenters. The molecule has 108 valence electrons. The molecule has 2 heterocycles. The highest BCUT2D eigenvalue weighted by atomic mass is 32.2. The summed E-state index contributed by atoms with van der Waals surface area (Å²) < 4.78 is 2.03. The Bertz CT molecular complexity index is 781. The molecule has 0 unspecified atom stereocenters. The number of nitrogens with zero attached hydrogens (tertiary/aromatic N) is 3. The van der Waals surface area contributed by atoms with E-state index in [0.29, 0.717) is 5.95 Å². The zero-order chi connectivity index (χ0) is 14.8. The molecule has 5 nitrogen and oxygen atoms in total. The van der Waals surface area contributed by atoms with Gasteiger partial charge in [-0.2, -0.15) is 4.98 Å². The van der Waals surface area contributed by atoms with Gasteiger partial charge >= 0.3 is 0 Å². The zero-order valence-electron chi connectivity index (χ0n) is 12.2. The number of para-hydroxylation sites is 1. The lowest BCUT2D eigenvalue weighted by molar-refractivity contribution is 0.964. The minimum absolute atomic E-state index is 0.609. The normalized spacial score (nSPS) is 10.8.